The van der Waals surface area contributed by atoms with Crippen LogP contribution < -0.4 is 10.2 Å². The molecular weight excluding hydrogens is 414 g/mol. The van der Waals surface area contributed by atoms with Crippen LogP contribution >= 0.6 is 11.3 Å². The number of nitrogens with one attached hydrogen (secondary N) is 1. The maximum atomic E-state index is 4.54. The molecule has 0 spiro atoms. The van der Waals surface area contributed by atoms with Crippen molar-refractivity contribution in [2.75, 3.05) is 42.9 Å². The molecule has 1 aliphatic heterocycles. The van der Waals surface area contributed by atoms with Crippen LogP contribution in [0.25, 0.3) is 22.4 Å². The molecule has 0 unspecified atom stereocenters. The van der Waals surface area contributed by atoms with Gasteiger partial charge >= 0.3 is 0 Å². The number of benzene rings is 2. The largest absolute Gasteiger partial charge is 0.369 e. The number of piperazine rings is 1. The average molecular weight is 442 g/mol. The molecule has 1 aliphatic rings. The Balaban J connectivity index is 1.31. The third-order valence-electron chi connectivity index (χ3n) is 5.95. The third-order valence-corrected chi connectivity index (χ3v) is 6.94. The molecule has 4 aromatic rings. The smallest absolute Gasteiger partial charge is 0.151 e. The van der Waals surface area contributed by atoms with E-state index in [9.17, 15) is 0 Å². The van der Waals surface area contributed by atoms with Gasteiger partial charge in [0.05, 0.1) is 10.2 Å². The Labute approximate surface area is 193 Å². The summed E-state index contributed by atoms with van der Waals surface area (Å²) < 4.78 is 1.07. The molecule has 0 bridgehead atoms. The summed E-state index contributed by atoms with van der Waals surface area (Å²) in [7, 11) is 0. The van der Waals surface area contributed by atoms with Gasteiger partial charge < -0.3 is 15.1 Å². The van der Waals surface area contributed by atoms with Crippen molar-refractivity contribution in [3.8, 4) is 0 Å². The Morgan fingerprint density at radius 1 is 0.938 bits per heavy atom. The lowest BCUT2D eigenvalue weighted by Gasteiger charge is -2.35. The highest BCUT2D eigenvalue weighted by Crippen LogP contribution is 2.32. The molecule has 0 aliphatic carbocycles. The SMILES string of the molecule is CCN1CCN(c2ccc(Nc3ncnc4c(/C=C/c5ccccc5)csc34)cc2)CC1. The van der Waals surface area contributed by atoms with E-state index >= 15 is 0 Å². The first-order chi connectivity index (χ1) is 15.8. The summed E-state index contributed by atoms with van der Waals surface area (Å²) in [6.45, 7) is 7.81. The van der Waals surface area contributed by atoms with Gasteiger partial charge in [0.2, 0.25) is 0 Å². The normalized spacial score (nSPS) is 15.0. The number of anilines is 3. The minimum atomic E-state index is 0.851. The summed E-state index contributed by atoms with van der Waals surface area (Å²) in [6.07, 6.45) is 5.88. The molecular formula is C26H27N5S. The van der Waals surface area contributed by atoms with E-state index in [0.717, 1.165) is 60.0 Å². The van der Waals surface area contributed by atoms with Crippen molar-refractivity contribution in [1.82, 2.24) is 14.9 Å². The number of thiophene rings is 1. The quantitative estimate of drug-likeness (QED) is 0.413. The van der Waals surface area contributed by atoms with E-state index in [4.69, 9.17) is 0 Å². The zero-order valence-electron chi connectivity index (χ0n) is 18.2. The van der Waals surface area contributed by atoms with E-state index in [1.165, 1.54) is 11.3 Å². The molecule has 32 heavy (non-hydrogen) atoms. The molecule has 0 radical (unpaired) electrons. The van der Waals surface area contributed by atoms with Crippen molar-refractivity contribution in [1.29, 1.82) is 0 Å². The van der Waals surface area contributed by atoms with E-state index in [0.29, 0.717) is 0 Å². The van der Waals surface area contributed by atoms with Gasteiger partial charge in [0.25, 0.3) is 0 Å². The molecule has 2 aromatic carbocycles. The van der Waals surface area contributed by atoms with Crippen LogP contribution in [0.4, 0.5) is 17.2 Å². The summed E-state index contributed by atoms with van der Waals surface area (Å²) in [5.41, 5.74) is 5.58. The summed E-state index contributed by atoms with van der Waals surface area (Å²) in [5, 5.41) is 5.63. The van der Waals surface area contributed by atoms with Crippen molar-refractivity contribution < 1.29 is 0 Å². The number of likely N-dealkylation sites (N-methyl/N-ethyl adjacent to an activating group) is 1. The van der Waals surface area contributed by atoms with Crippen LogP contribution in [0.15, 0.2) is 66.3 Å². The Hall–Kier alpha value is -3.22. The van der Waals surface area contributed by atoms with Gasteiger partial charge in [-0.05, 0) is 36.4 Å². The van der Waals surface area contributed by atoms with E-state index < -0.39 is 0 Å². The van der Waals surface area contributed by atoms with Gasteiger partial charge in [-0.3, -0.25) is 0 Å². The molecule has 5 nitrogen and oxygen atoms in total. The molecule has 5 rings (SSSR count). The second-order valence-corrected chi connectivity index (χ2v) is 8.81. The fourth-order valence-electron chi connectivity index (χ4n) is 4.04. The maximum Gasteiger partial charge on any atom is 0.151 e. The number of rotatable bonds is 6. The minimum absolute atomic E-state index is 0.851. The fourth-order valence-corrected chi connectivity index (χ4v) is 4.97. The lowest BCUT2D eigenvalue weighted by Crippen LogP contribution is -2.46. The maximum absolute atomic E-state index is 4.54. The van der Waals surface area contributed by atoms with Crippen LogP contribution in [-0.2, 0) is 0 Å². The second-order valence-electron chi connectivity index (χ2n) is 7.93. The molecule has 1 saturated heterocycles. The van der Waals surface area contributed by atoms with E-state index in [1.807, 2.05) is 18.2 Å². The monoisotopic (exact) mass is 441 g/mol. The van der Waals surface area contributed by atoms with Gasteiger partial charge in [-0.25, -0.2) is 9.97 Å². The van der Waals surface area contributed by atoms with Gasteiger partial charge in [0.1, 0.15) is 6.33 Å². The number of aromatic nitrogens is 2. The Bertz CT molecular complexity index is 1190. The van der Waals surface area contributed by atoms with E-state index in [2.05, 4.69) is 85.9 Å². The first kappa shape index (κ1) is 20.7. The minimum Gasteiger partial charge on any atom is -0.369 e. The fraction of sp³-hybridized carbons (Fsp3) is 0.231. The van der Waals surface area contributed by atoms with Gasteiger partial charge in [-0.2, -0.15) is 0 Å². The van der Waals surface area contributed by atoms with Gasteiger partial charge in [0, 0.05) is 48.5 Å². The van der Waals surface area contributed by atoms with Crippen LogP contribution in [0.1, 0.15) is 18.1 Å². The van der Waals surface area contributed by atoms with Gasteiger partial charge in [-0.15, -0.1) is 11.3 Å². The zero-order valence-corrected chi connectivity index (χ0v) is 19.1. The lowest BCUT2D eigenvalue weighted by molar-refractivity contribution is 0.271. The third kappa shape index (κ3) is 4.52. The summed E-state index contributed by atoms with van der Waals surface area (Å²) in [4.78, 5) is 14.0. The zero-order chi connectivity index (χ0) is 21.8. The predicted octanol–water partition coefficient (Wildman–Crippen LogP) is 5.75. The van der Waals surface area contributed by atoms with Crippen LogP contribution in [0.5, 0.6) is 0 Å². The molecule has 0 amide bonds. The standard InChI is InChI=1S/C26H27N5S/c1-2-30-14-16-31(17-15-30)23-12-10-22(11-13-23)29-26-25-24(27-19-28-26)21(18-32-25)9-8-20-6-4-3-5-7-20/h3-13,18-19H,2,14-17H2,1H3,(H,27,28,29)/b9-8+. The summed E-state index contributed by atoms with van der Waals surface area (Å²) in [5.74, 6) is 0.851. The van der Waals surface area contributed by atoms with E-state index in [-0.39, 0.29) is 0 Å². The summed E-state index contributed by atoms with van der Waals surface area (Å²) in [6, 6.07) is 19.0. The summed E-state index contributed by atoms with van der Waals surface area (Å²) >= 11 is 1.67. The topological polar surface area (TPSA) is 44.3 Å². The number of hydrogen-bond acceptors (Lipinski definition) is 6. The molecule has 162 valence electrons. The Morgan fingerprint density at radius 2 is 1.72 bits per heavy atom. The van der Waals surface area contributed by atoms with Crippen molar-refractivity contribution in [3.63, 3.8) is 0 Å². The molecule has 6 heteroatoms. The van der Waals surface area contributed by atoms with Gasteiger partial charge in [-0.1, -0.05) is 49.4 Å². The lowest BCUT2D eigenvalue weighted by atomic mass is 10.2. The van der Waals surface area contributed by atoms with Crippen LogP contribution in [0.2, 0.25) is 0 Å². The molecule has 3 heterocycles. The number of fused-ring (bicyclic) bond motifs is 1. The molecule has 1 fully saturated rings. The predicted molar refractivity (Wildman–Crippen MR) is 137 cm³/mol. The van der Waals surface area contributed by atoms with Crippen LogP contribution in [0, 0.1) is 0 Å². The number of hydrogen-bond donors (Lipinski definition) is 1. The second kappa shape index (κ2) is 9.51. The molecule has 0 atom stereocenters. The van der Waals surface area contributed by atoms with Crippen molar-refractivity contribution in [2.24, 2.45) is 0 Å². The highest BCUT2D eigenvalue weighted by atomic mass is 32.1. The highest BCUT2D eigenvalue weighted by molar-refractivity contribution is 7.18. The van der Waals surface area contributed by atoms with Crippen LogP contribution in [-0.4, -0.2) is 47.6 Å². The van der Waals surface area contributed by atoms with E-state index in [1.54, 1.807) is 17.7 Å². The molecule has 2 aromatic heterocycles. The van der Waals surface area contributed by atoms with Crippen molar-refractivity contribution >= 4 is 50.9 Å². The Kier molecular flexibility index (Phi) is 6.14. The first-order valence-corrected chi connectivity index (χ1v) is 12.0. The van der Waals surface area contributed by atoms with Crippen LogP contribution in [0.3, 0.4) is 0 Å². The van der Waals surface area contributed by atoms with Gasteiger partial charge in [0.15, 0.2) is 5.82 Å². The Morgan fingerprint density at radius 3 is 2.47 bits per heavy atom. The average Bonchev–Trinajstić information content (AvgIpc) is 3.28. The number of nitrogens with zero attached hydrogens (tertiary/aromatic N) is 4. The molecule has 0 saturated carbocycles. The molecule has 1 N–H and O–H groups in total. The highest BCUT2D eigenvalue weighted by Gasteiger charge is 2.16. The van der Waals surface area contributed by atoms with Crippen molar-refractivity contribution in [2.45, 2.75) is 6.92 Å². The van der Waals surface area contributed by atoms with Crippen molar-refractivity contribution in [3.05, 3.63) is 77.4 Å². The first-order valence-electron chi connectivity index (χ1n) is 11.1.